The highest BCUT2D eigenvalue weighted by molar-refractivity contribution is 4.33. The minimum Gasteiger partial charge on any atom is -0.379 e. The lowest BCUT2D eigenvalue weighted by molar-refractivity contribution is -0.136. The highest BCUT2D eigenvalue weighted by Crippen LogP contribution is 1.89. The second-order valence-electron chi connectivity index (χ2n) is 2.40. The van der Waals surface area contributed by atoms with Crippen LogP contribution in [0.1, 0.15) is 26.7 Å². The third-order valence-electron chi connectivity index (χ3n) is 1.22. The minimum absolute atomic E-state index is 0.411. The first-order valence-electron chi connectivity index (χ1n) is 4.12. The maximum absolute atomic E-state index is 10.3. The smallest absolute Gasteiger partial charge is 0.188 e. The number of hydrogen-bond acceptors (Lipinski definition) is 2. The average molecular weight is 161 g/mol. The molecule has 1 unspecified atom stereocenters. The second-order valence-corrected chi connectivity index (χ2v) is 2.40. The fourth-order valence-corrected chi connectivity index (χ4v) is 0.621. The summed E-state index contributed by atoms with van der Waals surface area (Å²) >= 11 is 0. The zero-order chi connectivity index (χ0) is 8.53. The molecule has 0 saturated carbocycles. The molecule has 0 amide bonds. The van der Waals surface area contributed by atoms with Gasteiger partial charge in [0, 0.05) is 6.61 Å². The molecule has 0 rings (SSSR count). The molecule has 0 spiro atoms. The molecule has 0 aromatic rings. The second kappa shape index (κ2) is 7.98. The SMILES string of the molecule is CCCCOCCOC(C)[O]. The molecule has 0 heterocycles. The molecule has 0 aromatic carbocycles. The predicted molar refractivity (Wildman–Crippen MR) is 41.8 cm³/mol. The lowest BCUT2D eigenvalue weighted by atomic mass is 10.4. The Morgan fingerprint density at radius 2 is 2.00 bits per heavy atom. The molecular weight excluding hydrogens is 144 g/mol. The summed E-state index contributed by atoms with van der Waals surface area (Å²) < 4.78 is 9.90. The van der Waals surface area contributed by atoms with E-state index in [2.05, 4.69) is 6.92 Å². The largest absolute Gasteiger partial charge is 0.379 e. The van der Waals surface area contributed by atoms with E-state index in [1.807, 2.05) is 0 Å². The fraction of sp³-hybridized carbons (Fsp3) is 1.00. The van der Waals surface area contributed by atoms with E-state index in [1.165, 1.54) is 6.92 Å². The van der Waals surface area contributed by atoms with Crippen LogP contribution in [0, 0.1) is 0 Å². The van der Waals surface area contributed by atoms with Crippen LogP contribution in [0.15, 0.2) is 0 Å². The first-order chi connectivity index (χ1) is 5.27. The molecule has 0 aromatic heterocycles. The monoisotopic (exact) mass is 161 g/mol. The van der Waals surface area contributed by atoms with Crippen molar-refractivity contribution in [1.82, 2.24) is 0 Å². The number of rotatable bonds is 7. The quantitative estimate of drug-likeness (QED) is 0.420. The number of hydrogen-bond donors (Lipinski definition) is 0. The fourth-order valence-electron chi connectivity index (χ4n) is 0.621. The Kier molecular flexibility index (Phi) is 7.89. The topological polar surface area (TPSA) is 38.4 Å². The molecule has 3 nitrogen and oxygen atoms in total. The highest BCUT2D eigenvalue weighted by atomic mass is 16.6. The lowest BCUT2D eigenvalue weighted by Gasteiger charge is -2.05. The van der Waals surface area contributed by atoms with Gasteiger partial charge >= 0.3 is 0 Å². The van der Waals surface area contributed by atoms with Crippen LogP contribution in [0.25, 0.3) is 0 Å². The minimum atomic E-state index is -0.926. The molecule has 3 heteroatoms. The van der Waals surface area contributed by atoms with Gasteiger partial charge in [-0.1, -0.05) is 13.3 Å². The van der Waals surface area contributed by atoms with E-state index >= 15 is 0 Å². The molecule has 1 atom stereocenters. The van der Waals surface area contributed by atoms with Crippen LogP contribution in [-0.4, -0.2) is 26.1 Å². The summed E-state index contributed by atoms with van der Waals surface area (Å²) in [5.74, 6) is 0. The van der Waals surface area contributed by atoms with E-state index in [0.717, 1.165) is 19.4 Å². The van der Waals surface area contributed by atoms with Crippen molar-refractivity contribution in [3.05, 3.63) is 0 Å². The van der Waals surface area contributed by atoms with Gasteiger partial charge in [0.15, 0.2) is 6.29 Å². The van der Waals surface area contributed by atoms with Crippen LogP contribution < -0.4 is 0 Å². The van der Waals surface area contributed by atoms with Crippen LogP contribution in [0.3, 0.4) is 0 Å². The average Bonchev–Trinajstić information content (AvgIpc) is 1.96. The van der Waals surface area contributed by atoms with Gasteiger partial charge in [-0.05, 0) is 13.3 Å². The summed E-state index contributed by atoms with van der Waals surface area (Å²) in [4.78, 5) is 0. The molecule has 0 N–H and O–H groups in total. The van der Waals surface area contributed by atoms with Crippen molar-refractivity contribution in [2.45, 2.75) is 33.0 Å². The third-order valence-corrected chi connectivity index (χ3v) is 1.22. The van der Waals surface area contributed by atoms with Crippen molar-refractivity contribution in [1.29, 1.82) is 0 Å². The Morgan fingerprint density at radius 3 is 2.55 bits per heavy atom. The predicted octanol–water partition coefficient (Wildman–Crippen LogP) is 1.60. The zero-order valence-corrected chi connectivity index (χ0v) is 7.34. The molecular formula is C8H17O3. The summed E-state index contributed by atoms with van der Waals surface area (Å²) in [6.45, 7) is 5.31. The van der Waals surface area contributed by atoms with Crippen LogP contribution in [-0.2, 0) is 14.6 Å². The third kappa shape index (κ3) is 9.88. The van der Waals surface area contributed by atoms with Gasteiger partial charge in [-0.3, -0.25) is 0 Å². The standard InChI is InChI=1S/C8H17O3/c1-3-4-5-10-6-7-11-8(2)9/h8H,3-7H2,1-2H3. The molecule has 67 valence electrons. The van der Waals surface area contributed by atoms with Gasteiger partial charge in [0.25, 0.3) is 0 Å². The van der Waals surface area contributed by atoms with Gasteiger partial charge in [0.1, 0.15) is 0 Å². The number of unbranched alkanes of at least 4 members (excludes halogenated alkanes) is 1. The molecule has 0 aliphatic carbocycles. The van der Waals surface area contributed by atoms with Gasteiger partial charge in [0.2, 0.25) is 0 Å². The Labute approximate surface area is 68.3 Å². The van der Waals surface area contributed by atoms with Crippen LogP contribution in [0.5, 0.6) is 0 Å². The molecule has 0 bridgehead atoms. The molecule has 0 fully saturated rings. The summed E-state index contributed by atoms with van der Waals surface area (Å²) in [5, 5.41) is 10.3. The molecule has 0 aliphatic rings. The Hall–Kier alpha value is -0.120. The molecule has 0 saturated heterocycles. The maximum Gasteiger partial charge on any atom is 0.188 e. The van der Waals surface area contributed by atoms with Gasteiger partial charge in [-0.25, -0.2) is 5.11 Å². The van der Waals surface area contributed by atoms with Crippen molar-refractivity contribution >= 4 is 0 Å². The van der Waals surface area contributed by atoms with Crippen molar-refractivity contribution in [2.24, 2.45) is 0 Å². The Balaban J connectivity index is 2.80. The summed E-state index contributed by atoms with van der Waals surface area (Å²) in [6.07, 6.45) is 1.29. The Bertz CT molecular complexity index is 73.7. The van der Waals surface area contributed by atoms with Crippen LogP contribution in [0.2, 0.25) is 0 Å². The first-order valence-corrected chi connectivity index (χ1v) is 4.12. The maximum atomic E-state index is 10.3. The summed E-state index contributed by atoms with van der Waals surface area (Å²) in [5.41, 5.74) is 0. The molecule has 11 heavy (non-hydrogen) atoms. The van der Waals surface area contributed by atoms with Crippen molar-refractivity contribution in [3.63, 3.8) is 0 Å². The van der Waals surface area contributed by atoms with Gasteiger partial charge in [-0.2, -0.15) is 0 Å². The van der Waals surface area contributed by atoms with Gasteiger partial charge in [0.05, 0.1) is 13.2 Å². The van der Waals surface area contributed by atoms with Gasteiger partial charge in [-0.15, -0.1) is 0 Å². The molecule has 1 radical (unpaired) electrons. The van der Waals surface area contributed by atoms with Crippen molar-refractivity contribution in [3.8, 4) is 0 Å². The van der Waals surface area contributed by atoms with Gasteiger partial charge < -0.3 is 9.47 Å². The van der Waals surface area contributed by atoms with Crippen LogP contribution in [0.4, 0.5) is 0 Å². The van der Waals surface area contributed by atoms with Crippen molar-refractivity contribution < 1.29 is 14.6 Å². The number of ether oxygens (including phenoxy) is 2. The van der Waals surface area contributed by atoms with Crippen molar-refractivity contribution in [2.75, 3.05) is 19.8 Å². The summed E-state index contributed by atoms with van der Waals surface area (Å²) in [6, 6.07) is 0. The first kappa shape index (κ1) is 10.9. The van der Waals surface area contributed by atoms with E-state index in [4.69, 9.17) is 9.47 Å². The van der Waals surface area contributed by atoms with E-state index in [9.17, 15) is 5.11 Å². The Morgan fingerprint density at radius 1 is 1.27 bits per heavy atom. The van der Waals surface area contributed by atoms with E-state index in [1.54, 1.807) is 0 Å². The van der Waals surface area contributed by atoms with E-state index < -0.39 is 6.29 Å². The lowest BCUT2D eigenvalue weighted by Crippen LogP contribution is -2.11. The molecule has 0 aliphatic heterocycles. The van der Waals surface area contributed by atoms with E-state index in [0.29, 0.717) is 13.2 Å². The normalized spacial score (nSPS) is 13.4. The summed E-state index contributed by atoms with van der Waals surface area (Å²) in [7, 11) is 0. The van der Waals surface area contributed by atoms with Crippen LogP contribution >= 0.6 is 0 Å². The zero-order valence-electron chi connectivity index (χ0n) is 7.34. The van der Waals surface area contributed by atoms with E-state index in [-0.39, 0.29) is 0 Å². The highest BCUT2D eigenvalue weighted by Gasteiger charge is 1.95.